The maximum absolute atomic E-state index is 13.1. The zero-order valence-corrected chi connectivity index (χ0v) is 9.50. The van der Waals surface area contributed by atoms with E-state index >= 15 is 0 Å². The number of carbonyl (C=O) groups is 1. The Morgan fingerprint density at radius 3 is 2.35 bits per heavy atom. The van der Waals surface area contributed by atoms with Crippen molar-refractivity contribution >= 4 is 5.97 Å². The van der Waals surface area contributed by atoms with Crippen molar-refractivity contribution in [2.75, 3.05) is 0 Å². The van der Waals surface area contributed by atoms with Crippen molar-refractivity contribution in [3.8, 4) is 0 Å². The van der Waals surface area contributed by atoms with Crippen LogP contribution >= 0.6 is 0 Å². The fourth-order valence-corrected chi connectivity index (χ4v) is 2.44. The van der Waals surface area contributed by atoms with Crippen molar-refractivity contribution in [1.29, 1.82) is 0 Å². The van der Waals surface area contributed by atoms with Crippen molar-refractivity contribution in [2.45, 2.75) is 43.9 Å². The highest BCUT2D eigenvalue weighted by Crippen LogP contribution is 2.46. The Kier molecular flexibility index (Phi) is 2.72. The van der Waals surface area contributed by atoms with Gasteiger partial charge in [0.1, 0.15) is 11.2 Å². The van der Waals surface area contributed by atoms with Crippen LogP contribution in [0.25, 0.3) is 0 Å². The second kappa shape index (κ2) is 3.82. The van der Waals surface area contributed by atoms with Crippen LogP contribution in [0.1, 0.15) is 37.0 Å². The number of aliphatic carboxylic acids is 1. The molecule has 5 heteroatoms. The number of rotatable bonds is 2. The molecule has 2 rings (SSSR count). The highest BCUT2D eigenvalue weighted by Gasteiger charge is 2.51. The molecule has 0 saturated heterocycles. The van der Waals surface area contributed by atoms with Crippen molar-refractivity contribution in [3.05, 3.63) is 23.7 Å². The van der Waals surface area contributed by atoms with Gasteiger partial charge in [0.25, 0.3) is 0 Å². The Morgan fingerprint density at radius 2 is 1.94 bits per heavy atom. The third kappa shape index (κ3) is 1.94. The van der Waals surface area contributed by atoms with E-state index in [-0.39, 0.29) is 12.8 Å². The van der Waals surface area contributed by atoms with Crippen LogP contribution in [0.4, 0.5) is 8.78 Å². The van der Waals surface area contributed by atoms with Gasteiger partial charge in [-0.3, -0.25) is 4.79 Å². The molecule has 1 saturated carbocycles. The van der Waals surface area contributed by atoms with Gasteiger partial charge in [0.15, 0.2) is 0 Å². The second-order valence-electron chi connectivity index (χ2n) is 4.68. The first-order valence-corrected chi connectivity index (χ1v) is 5.53. The predicted octanol–water partition coefficient (Wildman–Crippen LogP) is 3.12. The third-order valence-corrected chi connectivity index (χ3v) is 3.54. The molecule has 0 aliphatic heterocycles. The van der Waals surface area contributed by atoms with Gasteiger partial charge in [0.05, 0.1) is 6.26 Å². The summed E-state index contributed by atoms with van der Waals surface area (Å²) < 4.78 is 31.5. The van der Waals surface area contributed by atoms with Gasteiger partial charge in [0.2, 0.25) is 5.92 Å². The number of carboxylic acids is 1. The maximum Gasteiger partial charge on any atom is 0.317 e. The molecule has 0 unspecified atom stereocenters. The lowest BCUT2D eigenvalue weighted by molar-refractivity contribution is -0.150. The number of hydrogen-bond acceptors (Lipinski definition) is 2. The van der Waals surface area contributed by atoms with Crippen LogP contribution in [-0.2, 0) is 10.2 Å². The lowest BCUT2D eigenvalue weighted by Gasteiger charge is -2.35. The third-order valence-electron chi connectivity index (χ3n) is 3.54. The summed E-state index contributed by atoms with van der Waals surface area (Å²) in [7, 11) is 0. The van der Waals surface area contributed by atoms with E-state index in [0.717, 1.165) is 0 Å². The molecule has 17 heavy (non-hydrogen) atoms. The average Bonchev–Trinajstić information content (AvgIpc) is 2.65. The van der Waals surface area contributed by atoms with E-state index in [2.05, 4.69) is 0 Å². The van der Waals surface area contributed by atoms with E-state index in [1.54, 1.807) is 13.0 Å². The summed E-state index contributed by atoms with van der Waals surface area (Å²) in [6.45, 7) is 1.73. The molecule has 94 valence electrons. The van der Waals surface area contributed by atoms with Gasteiger partial charge < -0.3 is 9.52 Å². The van der Waals surface area contributed by atoms with Crippen LogP contribution in [0, 0.1) is 6.92 Å². The normalized spacial score (nSPS) is 22.3. The molecular formula is C12H14F2O3. The molecular weight excluding hydrogens is 230 g/mol. The minimum absolute atomic E-state index is 0.0797. The molecule has 1 heterocycles. The van der Waals surface area contributed by atoms with E-state index in [0.29, 0.717) is 11.3 Å². The highest BCUT2D eigenvalue weighted by atomic mass is 19.3. The number of furan rings is 1. The van der Waals surface area contributed by atoms with Crippen LogP contribution in [0.2, 0.25) is 0 Å². The number of alkyl halides is 2. The fraction of sp³-hybridized carbons (Fsp3) is 0.583. The van der Waals surface area contributed by atoms with Crippen molar-refractivity contribution in [3.63, 3.8) is 0 Å². The van der Waals surface area contributed by atoms with E-state index in [1.165, 1.54) is 6.26 Å². The zero-order chi connectivity index (χ0) is 12.7. The Hall–Kier alpha value is -1.39. The molecule has 1 aromatic rings. The van der Waals surface area contributed by atoms with Gasteiger partial charge in [-0.05, 0) is 31.4 Å². The van der Waals surface area contributed by atoms with Crippen LogP contribution in [-0.4, -0.2) is 17.0 Å². The molecule has 1 aliphatic rings. The standard InChI is InChI=1S/C12H14F2O3/c1-8-2-7-17-9(8)11(10(15)16)3-5-12(13,14)6-4-11/h2,7H,3-6H2,1H3,(H,15,16). The van der Waals surface area contributed by atoms with Crippen molar-refractivity contribution in [1.82, 2.24) is 0 Å². The monoisotopic (exact) mass is 244 g/mol. The Balaban J connectivity index is 2.37. The summed E-state index contributed by atoms with van der Waals surface area (Å²) in [5.41, 5.74) is -0.576. The molecule has 0 amide bonds. The number of hydrogen-bond donors (Lipinski definition) is 1. The van der Waals surface area contributed by atoms with Gasteiger partial charge >= 0.3 is 5.97 Å². The average molecular weight is 244 g/mol. The van der Waals surface area contributed by atoms with E-state index in [4.69, 9.17) is 4.42 Å². The largest absolute Gasteiger partial charge is 0.480 e. The summed E-state index contributed by atoms with van der Waals surface area (Å²) in [5.74, 6) is -3.51. The zero-order valence-electron chi connectivity index (χ0n) is 9.50. The van der Waals surface area contributed by atoms with E-state index in [1.807, 2.05) is 0 Å². The van der Waals surface area contributed by atoms with Crippen LogP contribution in [0.5, 0.6) is 0 Å². The summed E-state index contributed by atoms with van der Waals surface area (Å²) in [6.07, 6.45) is 0.439. The van der Waals surface area contributed by atoms with Crippen LogP contribution in [0.15, 0.2) is 16.7 Å². The van der Waals surface area contributed by atoms with E-state index in [9.17, 15) is 18.7 Å². The molecule has 0 aromatic carbocycles. The van der Waals surface area contributed by atoms with E-state index < -0.39 is 30.1 Å². The summed E-state index contributed by atoms with van der Waals surface area (Å²) >= 11 is 0. The Bertz CT molecular complexity index is 427. The van der Waals surface area contributed by atoms with Gasteiger partial charge in [-0.1, -0.05) is 0 Å². The van der Waals surface area contributed by atoms with Crippen molar-refractivity contribution in [2.24, 2.45) is 0 Å². The minimum Gasteiger partial charge on any atom is -0.480 e. The summed E-state index contributed by atoms with van der Waals surface area (Å²) in [4.78, 5) is 11.4. The first-order chi connectivity index (χ1) is 7.87. The molecule has 0 spiro atoms. The molecule has 1 aliphatic carbocycles. The van der Waals surface area contributed by atoms with Crippen LogP contribution in [0.3, 0.4) is 0 Å². The quantitative estimate of drug-likeness (QED) is 0.869. The lowest BCUT2D eigenvalue weighted by Crippen LogP contribution is -2.42. The first kappa shape index (κ1) is 12.1. The molecule has 1 N–H and O–H groups in total. The smallest absolute Gasteiger partial charge is 0.317 e. The summed E-state index contributed by atoms with van der Waals surface area (Å²) in [6, 6.07) is 1.66. The topological polar surface area (TPSA) is 50.4 Å². The SMILES string of the molecule is Cc1ccoc1C1(C(=O)O)CCC(F)(F)CC1. The molecule has 0 bridgehead atoms. The molecule has 1 aromatic heterocycles. The number of halogens is 2. The highest BCUT2D eigenvalue weighted by molar-refractivity contribution is 5.81. The number of aryl methyl sites for hydroxylation is 1. The molecule has 0 radical (unpaired) electrons. The fourth-order valence-electron chi connectivity index (χ4n) is 2.44. The predicted molar refractivity (Wildman–Crippen MR) is 56.2 cm³/mol. The van der Waals surface area contributed by atoms with Crippen molar-refractivity contribution < 1.29 is 23.1 Å². The Morgan fingerprint density at radius 1 is 1.35 bits per heavy atom. The number of carboxylic acid groups (broad SMARTS) is 1. The first-order valence-electron chi connectivity index (χ1n) is 5.53. The van der Waals surface area contributed by atoms with Gasteiger partial charge in [-0.15, -0.1) is 0 Å². The van der Waals surface area contributed by atoms with Gasteiger partial charge in [0, 0.05) is 12.8 Å². The molecule has 0 atom stereocenters. The lowest BCUT2D eigenvalue weighted by atomic mass is 9.70. The van der Waals surface area contributed by atoms with Crippen LogP contribution < -0.4 is 0 Å². The minimum atomic E-state index is -2.75. The van der Waals surface area contributed by atoms with Gasteiger partial charge in [-0.25, -0.2) is 8.78 Å². The summed E-state index contributed by atoms with van der Waals surface area (Å²) in [5, 5.41) is 9.35. The molecule has 3 nitrogen and oxygen atoms in total. The second-order valence-corrected chi connectivity index (χ2v) is 4.68. The molecule has 1 fully saturated rings. The maximum atomic E-state index is 13.1. The van der Waals surface area contributed by atoms with Gasteiger partial charge in [-0.2, -0.15) is 0 Å². The Labute approximate surface area is 97.4 Å².